The average Bonchev–Trinajstić information content (AvgIpc) is 2.82. The number of fused-ring (bicyclic) bond motifs is 1. The van der Waals surface area contributed by atoms with Gasteiger partial charge in [0.2, 0.25) is 0 Å². The van der Waals surface area contributed by atoms with Gasteiger partial charge < -0.3 is 14.8 Å². The number of carbonyl (C=O) groups is 1. The third-order valence-corrected chi connectivity index (χ3v) is 3.05. The summed E-state index contributed by atoms with van der Waals surface area (Å²) in [5.41, 5.74) is 2.15. The van der Waals surface area contributed by atoms with Crippen molar-refractivity contribution in [3.05, 3.63) is 35.8 Å². The molecule has 2 rings (SSSR count). The molecule has 102 valence electrons. The van der Waals surface area contributed by atoms with Crippen molar-refractivity contribution in [1.29, 1.82) is 0 Å². The zero-order valence-electron chi connectivity index (χ0n) is 11.3. The van der Waals surface area contributed by atoms with Gasteiger partial charge in [0.25, 0.3) is 5.91 Å². The van der Waals surface area contributed by atoms with Crippen molar-refractivity contribution in [1.82, 2.24) is 14.7 Å². The lowest BCUT2D eigenvalue weighted by atomic mass is 10.2. The van der Waals surface area contributed by atoms with Crippen LogP contribution in [0, 0.1) is 6.92 Å². The van der Waals surface area contributed by atoms with Gasteiger partial charge in [-0.3, -0.25) is 4.79 Å². The summed E-state index contributed by atoms with van der Waals surface area (Å²) >= 11 is 0. The average molecular weight is 261 g/mol. The highest BCUT2D eigenvalue weighted by atomic mass is 16.3. The fraction of sp³-hybridized carbons (Fsp3) is 0.429. The van der Waals surface area contributed by atoms with Crippen molar-refractivity contribution < 1.29 is 9.90 Å². The Balaban J connectivity index is 2.07. The molecule has 0 aromatic carbocycles. The van der Waals surface area contributed by atoms with E-state index in [1.54, 1.807) is 6.20 Å². The maximum absolute atomic E-state index is 11.9. The highest BCUT2D eigenvalue weighted by Crippen LogP contribution is 2.08. The molecule has 1 amide bonds. The van der Waals surface area contributed by atoms with Crippen LogP contribution in [0.1, 0.15) is 35.9 Å². The Bertz CT molecular complexity index is 577. The van der Waals surface area contributed by atoms with Crippen molar-refractivity contribution in [2.45, 2.75) is 32.8 Å². The van der Waals surface area contributed by atoms with Crippen LogP contribution < -0.4 is 5.32 Å². The predicted octanol–water partition coefficient (Wildman–Crippen LogP) is 1.53. The van der Waals surface area contributed by atoms with Crippen LogP contribution in [0.15, 0.2) is 24.4 Å². The quantitative estimate of drug-likeness (QED) is 0.858. The van der Waals surface area contributed by atoms with Crippen molar-refractivity contribution in [2.75, 3.05) is 6.54 Å². The van der Waals surface area contributed by atoms with Crippen LogP contribution in [0.4, 0.5) is 0 Å². The molecule has 2 aromatic rings. The molecule has 0 spiro atoms. The second kappa shape index (κ2) is 5.84. The summed E-state index contributed by atoms with van der Waals surface area (Å²) in [5.74, 6) is -0.252. The number of rotatable bonds is 5. The van der Waals surface area contributed by atoms with E-state index in [9.17, 15) is 9.90 Å². The first-order valence-electron chi connectivity index (χ1n) is 6.52. The largest absolute Gasteiger partial charge is 0.391 e. The van der Waals surface area contributed by atoms with E-state index in [0.29, 0.717) is 12.1 Å². The molecule has 2 N–H and O–H groups in total. The summed E-state index contributed by atoms with van der Waals surface area (Å²) in [6.07, 6.45) is 2.80. The number of imidazole rings is 1. The molecule has 0 radical (unpaired) electrons. The summed E-state index contributed by atoms with van der Waals surface area (Å²) in [6, 6.07) is 5.72. The van der Waals surface area contributed by atoms with Gasteiger partial charge in [0.15, 0.2) is 0 Å². The normalized spacial score (nSPS) is 12.6. The highest BCUT2D eigenvalue weighted by molar-refractivity contribution is 5.92. The number of nitrogens with zero attached hydrogens (tertiary/aromatic N) is 2. The summed E-state index contributed by atoms with van der Waals surface area (Å²) in [7, 11) is 0. The van der Waals surface area contributed by atoms with Crippen molar-refractivity contribution in [2.24, 2.45) is 0 Å². The maximum Gasteiger partial charge on any atom is 0.271 e. The first-order chi connectivity index (χ1) is 9.11. The molecule has 5 nitrogen and oxygen atoms in total. The van der Waals surface area contributed by atoms with Gasteiger partial charge in [0.1, 0.15) is 11.3 Å². The molecule has 5 heteroatoms. The number of hydrogen-bond donors (Lipinski definition) is 2. The zero-order chi connectivity index (χ0) is 13.8. The second-order valence-corrected chi connectivity index (χ2v) is 4.67. The molecular weight excluding hydrogens is 242 g/mol. The van der Waals surface area contributed by atoms with Gasteiger partial charge in [0.05, 0.1) is 6.10 Å². The molecular formula is C14H19N3O2. The molecule has 0 aliphatic carbocycles. The number of pyridine rings is 1. The van der Waals surface area contributed by atoms with E-state index >= 15 is 0 Å². The van der Waals surface area contributed by atoms with E-state index in [4.69, 9.17) is 0 Å². The van der Waals surface area contributed by atoms with Crippen molar-refractivity contribution >= 4 is 11.6 Å². The Kier molecular flexibility index (Phi) is 4.16. The Morgan fingerprint density at radius 3 is 3.00 bits per heavy atom. The first-order valence-corrected chi connectivity index (χ1v) is 6.52. The smallest absolute Gasteiger partial charge is 0.271 e. The van der Waals surface area contributed by atoms with Crippen LogP contribution in [0.3, 0.4) is 0 Å². The third-order valence-electron chi connectivity index (χ3n) is 3.05. The van der Waals surface area contributed by atoms with Crippen LogP contribution in [0.2, 0.25) is 0 Å². The summed E-state index contributed by atoms with van der Waals surface area (Å²) < 4.78 is 1.87. The molecule has 0 bridgehead atoms. The number of aromatic nitrogens is 2. The minimum absolute atomic E-state index is 0.252. The molecule has 0 aliphatic heterocycles. The van der Waals surface area contributed by atoms with Gasteiger partial charge in [-0.1, -0.05) is 19.4 Å². The molecule has 0 aliphatic rings. The molecule has 0 saturated carbocycles. The summed E-state index contributed by atoms with van der Waals surface area (Å²) in [6.45, 7) is 4.22. The lowest BCUT2D eigenvalue weighted by Gasteiger charge is -2.09. The van der Waals surface area contributed by atoms with Crippen molar-refractivity contribution in [3.63, 3.8) is 0 Å². The molecule has 2 aromatic heterocycles. The maximum atomic E-state index is 11.9. The van der Waals surface area contributed by atoms with Crippen LogP contribution in [-0.2, 0) is 0 Å². The number of aliphatic hydroxyl groups is 1. The SMILES string of the molecule is CCCC(O)CNC(=O)c1cn2c(C)cccc2n1. The standard InChI is InChI=1S/C14H19N3O2/c1-3-5-11(18)8-15-14(19)12-9-17-10(2)6-4-7-13(17)16-12/h4,6-7,9,11,18H,3,5,8H2,1-2H3,(H,15,19). The topological polar surface area (TPSA) is 66.6 Å². The van der Waals surface area contributed by atoms with E-state index in [0.717, 1.165) is 17.8 Å². The van der Waals surface area contributed by atoms with E-state index < -0.39 is 6.10 Å². The summed E-state index contributed by atoms with van der Waals surface area (Å²) in [4.78, 5) is 16.2. The number of carbonyl (C=O) groups excluding carboxylic acids is 1. The fourth-order valence-corrected chi connectivity index (χ4v) is 1.99. The van der Waals surface area contributed by atoms with Gasteiger partial charge in [-0.05, 0) is 25.5 Å². The van der Waals surface area contributed by atoms with E-state index in [2.05, 4.69) is 10.3 Å². The Morgan fingerprint density at radius 1 is 1.53 bits per heavy atom. The van der Waals surface area contributed by atoms with Crippen LogP contribution >= 0.6 is 0 Å². The molecule has 0 saturated heterocycles. The number of aliphatic hydroxyl groups excluding tert-OH is 1. The number of aryl methyl sites for hydroxylation is 1. The minimum Gasteiger partial charge on any atom is -0.391 e. The van der Waals surface area contributed by atoms with Gasteiger partial charge in [-0.25, -0.2) is 4.98 Å². The van der Waals surface area contributed by atoms with Crippen molar-refractivity contribution in [3.8, 4) is 0 Å². The highest BCUT2D eigenvalue weighted by Gasteiger charge is 2.12. The van der Waals surface area contributed by atoms with Crippen LogP contribution in [-0.4, -0.2) is 33.0 Å². The predicted molar refractivity (Wildman–Crippen MR) is 73.2 cm³/mol. The Morgan fingerprint density at radius 2 is 2.32 bits per heavy atom. The third kappa shape index (κ3) is 3.12. The first kappa shape index (κ1) is 13.5. The molecule has 19 heavy (non-hydrogen) atoms. The minimum atomic E-state index is -0.493. The molecule has 1 unspecified atom stereocenters. The van der Waals surface area contributed by atoms with E-state index in [1.807, 2.05) is 36.4 Å². The van der Waals surface area contributed by atoms with Gasteiger partial charge >= 0.3 is 0 Å². The number of nitrogens with one attached hydrogen (secondary N) is 1. The zero-order valence-corrected chi connectivity index (χ0v) is 11.3. The van der Waals surface area contributed by atoms with Crippen LogP contribution in [0.25, 0.3) is 5.65 Å². The lowest BCUT2D eigenvalue weighted by molar-refractivity contribution is 0.0906. The van der Waals surface area contributed by atoms with E-state index in [-0.39, 0.29) is 12.5 Å². The molecule has 2 heterocycles. The van der Waals surface area contributed by atoms with Gasteiger partial charge in [0, 0.05) is 18.4 Å². The van der Waals surface area contributed by atoms with Gasteiger partial charge in [-0.15, -0.1) is 0 Å². The Hall–Kier alpha value is -1.88. The Labute approximate surface area is 112 Å². The fourth-order valence-electron chi connectivity index (χ4n) is 1.99. The van der Waals surface area contributed by atoms with Crippen LogP contribution in [0.5, 0.6) is 0 Å². The van der Waals surface area contributed by atoms with E-state index in [1.165, 1.54) is 0 Å². The molecule has 0 fully saturated rings. The molecule has 1 atom stereocenters. The monoisotopic (exact) mass is 261 g/mol. The number of hydrogen-bond acceptors (Lipinski definition) is 3. The van der Waals surface area contributed by atoms with Gasteiger partial charge in [-0.2, -0.15) is 0 Å². The summed E-state index contributed by atoms with van der Waals surface area (Å²) in [5, 5.41) is 12.3. The lowest BCUT2D eigenvalue weighted by Crippen LogP contribution is -2.32. The number of amides is 1. The second-order valence-electron chi connectivity index (χ2n) is 4.67.